The van der Waals surface area contributed by atoms with Gasteiger partial charge >= 0.3 is 0 Å². The molecule has 2 aromatic carbocycles. The molecular weight excluding hydrogens is 367 g/mol. The number of hydrogen-bond acceptors (Lipinski definition) is 3. The summed E-state index contributed by atoms with van der Waals surface area (Å²) in [6.07, 6.45) is 0. The first-order valence-electron chi connectivity index (χ1n) is 6.24. The Morgan fingerprint density at radius 1 is 1.00 bits per heavy atom. The zero-order chi connectivity index (χ0) is 14.4. The Balaban J connectivity index is 2.28. The average molecular weight is 382 g/mol. The van der Waals surface area contributed by atoms with Crippen molar-refractivity contribution in [3.63, 3.8) is 0 Å². The molecule has 0 aliphatic heterocycles. The molecule has 20 heavy (non-hydrogen) atoms. The van der Waals surface area contributed by atoms with E-state index >= 15 is 0 Å². The second-order valence-electron chi connectivity index (χ2n) is 4.15. The fraction of sp³-hybridized carbons (Fsp3) is 0.188. The van der Waals surface area contributed by atoms with E-state index in [1.165, 1.54) is 0 Å². The van der Waals surface area contributed by atoms with E-state index in [9.17, 15) is 4.79 Å². The second kappa shape index (κ2) is 7.40. The molecule has 0 heterocycles. The Morgan fingerprint density at radius 2 is 1.65 bits per heavy atom. The predicted molar refractivity (Wildman–Crippen MR) is 86.4 cm³/mol. The molecule has 4 heteroatoms. The summed E-state index contributed by atoms with van der Waals surface area (Å²) in [4.78, 5) is 12.6. The summed E-state index contributed by atoms with van der Waals surface area (Å²) in [5.74, 6) is 0.567. The van der Waals surface area contributed by atoms with Gasteiger partial charge in [-0.2, -0.15) is 0 Å². The van der Waals surface area contributed by atoms with Crippen molar-refractivity contribution in [1.82, 2.24) is 0 Å². The molecule has 0 saturated carbocycles. The number of methoxy groups -OCH3 is 1. The number of para-hydroxylation sites is 1. The lowest BCUT2D eigenvalue weighted by Crippen LogP contribution is -2.10. The molecule has 0 amide bonds. The van der Waals surface area contributed by atoms with E-state index in [-0.39, 0.29) is 5.78 Å². The molecule has 0 bridgehead atoms. The molecule has 0 fully saturated rings. The zero-order valence-corrected chi connectivity index (χ0v) is 13.3. The highest BCUT2D eigenvalue weighted by molar-refractivity contribution is 14.1. The summed E-state index contributed by atoms with van der Waals surface area (Å²) in [6, 6.07) is 14.8. The largest absolute Gasteiger partial charge is 0.490 e. The van der Waals surface area contributed by atoms with Crippen LogP contribution in [0.25, 0.3) is 0 Å². The lowest BCUT2D eigenvalue weighted by Gasteiger charge is -2.11. The van der Waals surface area contributed by atoms with Gasteiger partial charge in [0, 0.05) is 16.2 Å². The highest BCUT2D eigenvalue weighted by Gasteiger charge is 2.16. The smallest absolute Gasteiger partial charge is 0.197 e. The minimum Gasteiger partial charge on any atom is -0.490 e. The summed E-state index contributed by atoms with van der Waals surface area (Å²) < 4.78 is 11.5. The molecule has 0 aliphatic carbocycles. The van der Waals surface area contributed by atoms with Gasteiger partial charge in [-0.15, -0.1) is 0 Å². The Bertz CT molecular complexity index is 596. The van der Waals surface area contributed by atoms with Crippen LogP contribution in [0.1, 0.15) is 15.9 Å². The van der Waals surface area contributed by atoms with Gasteiger partial charge in [0.05, 0.1) is 12.2 Å². The van der Waals surface area contributed by atoms with Crippen molar-refractivity contribution in [2.45, 2.75) is 0 Å². The predicted octanol–water partition coefficient (Wildman–Crippen LogP) is 3.55. The van der Waals surface area contributed by atoms with Gasteiger partial charge in [-0.3, -0.25) is 4.79 Å². The molecule has 3 nitrogen and oxygen atoms in total. The van der Waals surface area contributed by atoms with Crippen LogP contribution in [0.15, 0.2) is 48.5 Å². The van der Waals surface area contributed by atoms with Crippen molar-refractivity contribution in [3.8, 4) is 5.75 Å². The monoisotopic (exact) mass is 382 g/mol. The van der Waals surface area contributed by atoms with Crippen molar-refractivity contribution >= 4 is 28.4 Å². The Morgan fingerprint density at radius 3 is 2.35 bits per heavy atom. The van der Waals surface area contributed by atoms with Crippen LogP contribution in [0, 0.1) is 3.57 Å². The van der Waals surface area contributed by atoms with Crippen molar-refractivity contribution < 1.29 is 14.3 Å². The van der Waals surface area contributed by atoms with E-state index in [0.29, 0.717) is 30.1 Å². The topological polar surface area (TPSA) is 35.5 Å². The van der Waals surface area contributed by atoms with E-state index in [2.05, 4.69) is 22.6 Å². The molecular formula is C16H15IO3. The van der Waals surface area contributed by atoms with Crippen LogP contribution in [0.2, 0.25) is 0 Å². The maximum atomic E-state index is 12.6. The molecule has 0 radical (unpaired) electrons. The Labute approximate surface area is 132 Å². The molecule has 0 atom stereocenters. The first-order chi connectivity index (χ1) is 9.74. The lowest BCUT2D eigenvalue weighted by molar-refractivity contribution is 0.103. The van der Waals surface area contributed by atoms with Gasteiger partial charge in [-0.05, 0) is 46.9 Å². The van der Waals surface area contributed by atoms with Gasteiger partial charge in [0.15, 0.2) is 5.78 Å². The van der Waals surface area contributed by atoms with E-state index in [4.69, 9.17) is 9.47 Å². The maximum Gasteiger partial charge on any atom is 0.197 e. The highest BCUT2D eigenvalue weighted by Crippen LogP contribution is 2.23. The zero-order valence-electron chi connectivity index (χ0n) is 11.1. The molecule has 0 spiro atoms. The minimum absolute atomic E-state index is 0.0250. The van der Waals surface area contributed by atoms with Gasteiger partial charge in [0.25, 0.3) is 0 Å². The molecule has 0 aromatic heterocycles. The highest BCUT2D eigenvalue weighted by atomic mass is 127. The lowest BCUT2D eigenvalue weighted by atomic mass is 10.0. The van der Waals surface area contributed by atoms with Gasteiger partial charge < -0.3 is 9.47 Å². The van der Waals surface area contributed by atoms with Crippen LogP contribution in [-0.4, -0.2) is 26.1 Å². The van der Waals surface area contributed by atoms with Crippen molar-refractivity contribution in [3.05, 3.63) is 63.2 Å². The summed E-state index contributed by atoms with van der Waals surface area (Å²) in [5, 5.41) is 0. The quantitative estimate of drug-likeness (QED) is 0.436. The number of benzene rings is 2. The minimum atomic E-state index is -0.0250. The van der Waals surface area contributed by atoms with E-state index in [1.54, 1.807) is 19.2 Å². The fourth-order valence-corrected chi connectivity index (χ4v) is 2.44. The van der Waals surface area contributed by atoms with Gasteiger partial charge in [0.2, 0.25) is 0 Å². The summed E-state index contributed by atoms with van der Waals surface area (Å²) in [7, 11) is 1.62. The summed E-state index contributed by atoms with van der Waals surface area (Å²) in [5.41, 5.74) is 1.27. The van der Waals surface area contributed by atoms with Crippen LogP contribution in [0.3, 0.4) is 0 Å². The van der Waals surface area contributed by atoms with Crippen molar-refractivity contribution in [2.24, 2.45) is 0 Å². The fourth-order valence-electron chi connectivity index (χ4n) is 1.81. The van der Waals surface area contributed by atoms with E-state index < -0.39 is 0 Å². The molecule has 0 aliphatic rings. The third kappa shape index (κ3) is 3.58. The molecule has 104 valence electrons. The van der Waals surface area contributed by atoms with Crippen LogP contribution in [0.5, 0.6) is 5.75 Å². The standard InChI is InChI=1S/C16H15IO3/c1-19-10-11-20-15-9-5-3-7-13(15)16(18)12-6-2-4-8-14(12)17/h2-9H,10-11H2,1H3. The van der Waals surface area contributed by atoms with E-state index in [0.717, 1.165) is 3.57 Å². The number of halogens is 1. The Hall–Kier alpha value is -1.40. The van der Waals surface area contributed by atoms with Crippen LogP contribution in [-0.2, 0) is 4.74 Å². The molecule has 2 aromatic rings. The van der Waals surface area contributed by atoms with E-state index in [1.807, 2.05) is 36.4 Å². The molecule has 0 unspecified atom stereocenters. The van der Waals surface area contributed by atoms with Crippen LogP contribution >= 0.6 is 22.6 Å². The second-order valence-corrected chi connectivity index (χ2v) is 5.31. The molecule has 2 rings (SSSR count). The first-order valence-corrected chi connectivity index (χ1v) is 7.32. The number of rotatable bonds is 6. The first kappa shape index (κ1) is 15.0. The SMILES string of the molecule is COCCOc1ccccc1C(=O)c1ccccc1I. The number of hydrogen-bond donors (Lipinski definition) is 0. The van der Waals surface area contributed by atoms with Crippen LogP contribution < -0.4 is 4.74 Å². The number of carbonyl (C=O) groups is 1. The van der Waals surface area contributed by atoms with Gasteiger partial charge in [-0.25, -0.2) is 0 Å². The van der Waals surface area contributed by atoms with Crippen molar-refractivity contribution in [1.29, 1.82) is 0 Å². The third-order valence-electron chi connectivity index (χ3n) is 2.80. The van der Waals surface area contributed by atoms with Crippen molar-refractivity contribution in [2.75, 3.05) is 20.3 Å². The normalized spacial score (nSPS) is 10.3. The summed E-state index contributed by atoms with van der Waals surface area (Å²) >= 11 is 2.17. The van der Waals surface area contributed by atoms with Gasteiger partial charge in [0.1, 0.15) is 12.4 Å². The van der Waals surface area contributed by atoms with Crippen LogP contribution in [0.4, 0.5) is 0 Å². The third-order valence-corrected chi connectivity index (χ3v) is 3.74. The number of ketones is 1. The average Bonchev–Trinajstić information content (AvgIpc) is 2.48. The maximum absolute atomic E-state index is 12.6. The molecule has 0 saturated heterocycles. The summed E-state index contributed by atoms with van der Waals surface area (Å²) in [6.45, 7) is 0.915. The Kier molecular flexibility index (Phi) is 5.55. The van der Waals surface area contributed by atoms with Gasteiger partial charge in [-0.1, -0.05) is 24.3 Å². The number of carbonyl (C=O) groups excluding carboxylic acids is 1. The molecule has 0 N–H and O–H groups in total. The number of ether oxygens (including phenoxy) is 2.